The van der Waals surface area contributed by atoms with Gasteiger partial charge in [0.25, 0.3) is 0 Å². The summed E-state index contributed by atoms with van der Waals surface area (Å²) in [7, 11) is -1.78. The van der Waals surface area contributed by atoms with Crippen LogP contribution in [-0.4, -0.2) is 55.5 Å². The van der Waals surface area contributed by atoms with Gasteiger partial charge in [-0.15, -0.1) is 0 Å². The molecule has 1 aliphatic rings. The Bertz CT molecular complexity index is 612. The monoisotopic (exact) mass is 313 g/mol. The highest BCUT2D eigenvalue weighted by atomic mass is 32.2. The summed E-state index contributed by atoms with van der Waals surface area (Å²) in [4.78, 5) is 16.5. The number of sulfonamides is 1. The van der Waals surface area contributed by atoms with Crippen LogP contribution < -0.4 is 4.90 Å². The summed E-state index contributed by atoms with van der Waals surface area (Å²) in [5.74, 6) is -0.445. The van der Waals surface area contributed by atoms with Crippen molar-refractivity contribution in [3.8, 4) is 0 Å². The van der Waals surface area contributed by atoms with Gasteiger partial charge < -0.3 is 10.0 Å². The normalized spacial score (nSPS) is 16.0. The number of carboxylic acid groups (broad SMARTS) is 1. The maximum absolute atomic E-state index is 12.5. The van der Waals surface area contributed by atoms with E-state index < -0.39 is 16.0 Å². The molecule has 7 nitrogen and oxygen atoms in total. The third-order valence-corrected chi connectivity index (χ3v) is 5.37. The number of anilines is 1. The van der Waals surface area contributed by atoms with Crippen LogP contribution in [0.1, 0.15) is 19.3 Å². The highest BCUT2D eigenvalue weighted by molar-refractivity contribution is 7.89. The van der Waals surface area contributed by atoms with Crippen molar-refractivity contribution in [1.82, 2.24) is 9.29 Å². The van der Waals surface area contributed by atoms with E-state index >= 15 is 0 Å². The summed E-state index contributed by atoms with van der Waals surface area (Å²) in [6, 6.07) is 2.97. The molecule has 1 aliphatic heterocycles. The fourth-order valence-corrected chi connectivity index (χ4v) is 3.75. The lowest BCUT2D eigenvalue weighted by Crippen LogP contribution is -2.28. The minimum Gasteiger partial charge on any atom is -0.481 e. The number of carbonyl (C=O) groups is 1. The first kappa shape index (κ1) is 15.7. The molecule has 0 aromatic carbocycles. The van der Waals surface area contributed by atoms with Crippen LogP contribution in [0.4, 0.5) is 5.82 Å². The van der Waals surface area contributed by atoms with Crippen molar-refractivity contribution in [3.63, 3.8) is 0 Å². The van der Waals surface area contributed by atoms with Crippen molar-refractivity contribution in [2.45, 2.75) is 24.2 Å². The maximum atomic E-state index is 12.5. The number of hydrogen-bond acceptors (Lipinski definition) is 5. The van der Waals surface area contributed by atoms with Gasteiger partial charge in [0.15, 0.2) is 0 Å². The number of rotatable bonds is 6. The Balaban J connectivity index is 2.19. The summed E-state index contributed by atoms with van der Waals surface area (Å²) in [5, 5.41) is 8.69. The molecular weight excluding hydrogens is 294 g/mol. The van der Waals surface area contributed by atoms with Crippen LogP contribution in [0.25, 0.3) is 0 Å². The summed E-state index contributed by atoms with van der Waals surface area (Å²) in [6.45, 7) is 1.37. The van der Waals surface area contributed by atoms with E-state index in [4.69, 9.17) is 5.11 Å². The molecule has 1 N–H and O–H groups in total. The molecule has 21 heavy (non-hydrogen) atoms. The van der Waals surface area contributed by atoms with Crippen LogP contribution in [0.3, 0.4) is 0 Å². The van der Waals surface area contributed by atoms with Gasteiger partial charge in [-0.1, -0.05) is 0 Å². The number of aliphatic carboxylic acids is 1. The van der Waals surface area contributed by atoms with Crippen LogP contribution in [0.5, 0.6) is 0 Å². The van der Waals surface area contributed by atoms with E-state index in [1.54, 1.807) is 11.9 Å². The van der Waals surface area contributed by atoms with E-state index in [-0.39, 0.29) is 17.9 Å². The SMILES string of the molecule is CN(CCC(=O)O)c1cc(S(=O)(=O)N2CCCC2)ccn1. The molecule has 0 amide bonds. The zero-order valence-corrected chi connectivity index (χ0v) is 12.7. The Morgan fingerprint density at radius 3 is 2.71 bits per heavy atom. The number of carboxylic acids is 1. The molecule has 1 fully saturated rings. The summed E-state index contributed by atoms with van der Waals surface area (Å²) in [5.41, 5.74) is 0. The van der Waals surface area contributed by atoms with E-state index in [1.165, 1.54) is 22.6 Å². The molecule has 116 valence electrons. The second-order valence-corrected chi connectivity index (χ2v) is 6.96. The lowest BCUT2D eigenvalue weighted by atomic mass is 10.4. The topological polar surface area (TPSA) is 90.8 Å². The average Bonchev–Trinajstić information content (AvgIpc) is 2.99. The van der Waals surface area contributed by atoms with Crippen LogP contribution >= 0.6 is 0 Å². The molecule has 0 unspecified atom stereocenters. The predicted octanol–water partition coefficient (Wildman–Crippen LogP) is 0.777. The van der Waals surface area contributed by atoms with E-state index in [0.717, 1.165) is 12.8 Å². The highest BCUT2D eigenvalue weighted by Crippen LogP contribution is 2.23. The van der Waals surface area contributed by atoms with E-state index in [1.807, 2.05) is 0 Å². The van der Waals surface area contributed by atoms with Crippen molar-refractivity contribution in [2.24, 2.45) is 0 Å². The van der Waals surface area contributed by atoms with Gasteiger partial charge in [0.05, 0.1) is 11.3 Å². The van der Waals surface area contributed by atoms with Gasteiger partial charge in [0.2, 0.25) is 10.0 Å². The average molecular weight is 313 g/mol. The van der Waals surface area contributed by atoms with E-state index in [2.05, 4.69) is 4.98 Å². The highest BCUT2D eigenvalue weighted by Gasteiger charge is 2.27. The molecule has 0 radical (unpaired) electrons. The molecule has 0 saturated carbocycles. The first-order chi connectivity index (χ1) is 9.91. The molecule has 2 heterocycles. The first-order valence-electron chi connectivity index (χ1n) is 6.80. The third-order valence-electron chi connectivity index (χ3n) is 3.47. The van der Waals surface area contributed by atoms with E-state index in [9.17, 15) is 13.2 Å². The fourth-order valence-electron chi connectivity index (χ4n) is 2.22. The molecule has 0 aliphatic carbocycles. The Hall–Kier alpha value is -1.67. The van der Waals surface area contributed by atoms with Gasteiger partial charge in [-0.25, -0.2) is 13.4 Å². The lowest BCUT2D eigenvalue weighted by Gasteiger charge is -2.19. The van der Waals surface area contributed by atoms with Crippen LogP contribution in [0, 0.1) is 0 Å². The van der Waals surface area contributed by atoms with Crippen LogP contribution in [-0.2, 0) is 14.8 Å². The second kappa shape index (κ2) is 6.40. The summed E-state index contributed by atoms with van der Waals surface area (Å²) < 4.78 is 26.4. The van der Waals surface area contributed by atoms with Gasteiger partial charge in [0.1, 0.15) is 5.82 Å². The molecule has 0 bridgehead atoms. The Labute approximate surface area is 124 Å². The van der Waals surface area contributed by atoms with Gasteiger partial charge in [-0.3, -0.25) is 4.79 Å². The standard InChI is InChI=1S/C13H19N3O4S/c1-15(9-5-13(17)18)12-10-11(4-6-14-12)21(19,20)16-7-2-3-8-16/h4,6,10H,2-3,5,7-9H2,1H3,(H,17,18). The predicted molar refractivity (Wildman–Crippen MR) is 77.8 cm³/mol. The second-order valence-electron chi connectivity index (χ2n) is 5.03. The largest absolute Gasteiger partial charge is 0.481 e. The zero-order valence-electron chi connectivity index (χ0n) is 11.9. The minimum absolute atomic E-state index is 0.0265. The van der Waals surface area contributed by atoms with Gasteiger partial charge in [0, 0.05) is 38.9 Å². The van der Waals surface area contributed by atoms with Gasteiger partial charge in [-0.05, 0) is 18.9 Å². The smallest absolute Gasteiger partial charge is 0.305 e. The van der Waals surface area contributed by atoms with Crippen LogP contribution in [0.2, 0.25) is 0 Å². The van der Waals surface area contributed by atoms with Crippen molar-refractivity contribution in [1.29, 1.82) is 0 Å². The summed E-state index contributed by atoms with van der Waals surface area (Å²) in [6.07, 6.45) is 3.18. The van der Waals surface area contributed by atoms with Gasteiger partial charge in [-0.2, -0.15) is 4.31 Å². The lowest BCUT2D eigenvalue weighted by molar-refractivity contribution is -0.136. The molecule has 8 heteroatoms. The zero-order chi connectivity index (χ0) is 15.5. The van der Waals surface area contributed by atoms with Crippen LogP contribution in [0.15, 0.2) is 23.2 Å². The number of nitrogens with zero attached hydrogens (tertiary/aromatic N) is 3. The Morgan fingerprint density at radius 2 is 2.10 bits per heavy atom. The number of aromatic nitrogens is 1. The first-order valence-corrected chi connectivity index (χ1v) is 8.24. The molecule has 2 rings (SSSR count). The van der Waals surface area contributed by atoms with Crippen molar-refractivity contribution in [2.75, 3.05) is 31.6 Å². The van der Waals surface area contributed by atoms with E-state index in [0.29, 0.717) is 18.9 Å². The van der Waals surface area contributed by atoms with Crippen molar-refractivity contribution < 1.29 is 18.3 Å². The fraction of sp³-hybridized carbons (Fsp3) is 0.538. The molecule has 0 atom stereocenters. The van der Waals surface area contributed by atoms with Crippen molar-refractivity contribution >= 4 is 21.8 Å². The molecular formula is C13H19N3O4S. The number of hydrogen-bond donors (Lipinski definition) is 1. The maximum Gasteiger partial charge on any atom is 0.305 e. The molecule has 1 aromatic rings. The van der Waals surface area contributed by atoms with Gasteiger partial charge >= 0.3 is 5.97 Å². The Morgan fingerprint density at radius 1 is 1.43 bits per heavy atom. The third kappa shape index (κ3) is 3.70. The van der Waals surface area contributed by atoms with Crippen molar-refractivity contribution in [3.05, 3.63) is 18.3 Å². The molecule has 1 saturated heterocycles. The quantitative estimate of drug-likeness (QED) is 0.834. The minimum atomic E-state index is -3.48. The molecule has 1 aromatic heterocycles. The Kier molecular flexibility index (Phi) is 4.79. The summed E-state index contributed by atoms with van der Waals surface area (Å²) >= 11 is 0. The molecule has 0 spiro atoms. The number of pyridine rings is 1.